The Bertz CT molecular complexity index is 2050. The van der Waals surface area contributed by atoms with Crippen molar-refractivity contribution in [1.82, 2.24) is 9.91 Å². The van der Waals surface area contributed by atoms with E-state index in [9.17, 15) is 60.4 Å². The van der Waals surface area contributed by atoms with E-state index in [1.54, 1.807) is 4.90 Å². The monoisotopic (exact) mass is 1010 g/mol. The molecule has 18 atom stereocenters. The van der Waals surface area contributed by atoms with Crippen LogP contribution in [0.5, 0.6) is 0 Å². The number of esters is 2. The lowest BCUT2D eigenvalue weighted by atomic mass is 9.33. The minimum absolute atomic E-state index is 0.0403. The number of aliphatic hydroxyl groups excluding tert-OH is 8. The van der Waals surface area contributed by atoms with E-state index in [0.29, 0.717) is 25.2 Å². The molecular formula is C50H80N4O17. The SMILES string of the molecule is CC1(C)CC[C@]2(C(=O)O[C@@H]3O[C@H](CO)[C@@H](O)[C@H](O)[C@H]3O)CC[C@]3(C)C(=CC[C@@H]4[C@@]5(C)CC[C@H](OC(=O)CCC(=O)N6CCN(/[N+]([O-])=N/O[C@@H]7O[C@H](CO)[C@H](O)[C@H](O)[C@H]7O)CC6)C(C)(C)[C@@H]5CC[C@]43C)[C@@H]2C1. The van der Waals surface area contributed by atoms with E-state index in [4.69, 9.17) is 23.8 Å². The maximum absolute atomic E-state index is 14.6. The number of ether oxygens (including phenoxy) is 4. The second-order valence-corrected chi connectivity index (χ2v) is 24.3. The standard InChI is InChI=1S/C50H80N4O17/c1-45(2)16-18-50(44(65)70-42-40(63)38(61)36(59)29(25-55)67-42)19-17-48(6)27(28(50)24-45)8-9-32-47(5)14-13-33(46(3,4)31(47)12-15-49(32,48)7)69-35(58)11-10-34(57)52-20-22-53(23-21-52)54(66)51-71-43-41(64)39(62)37(60)30(26-56)68-43/h8,28-33,36-43,55-56,59-64H,9-26H2,1-7H3/b54-51-/t28-,29+,30+,31-,32+,33-,36+,37-,38-,39-,40+,41+,42-,43-,47-,48+,49+,50-/m0/s1. The van der Waals surface area contributed by atoms with Gasteiger partial charge in [-0.05, 0) is 104 Å². The van der Waals surface area contributed by atoms with Gasteiger partial charge in [0.2, 0.25) is 17.5 Å². The number of carbonyl (C=O) groups is 3. The summed E-state index contributed by atoms with van der Waals surface area (Å²) >= 11 is 0. The van der Waals surface area contributed by atoms with Gasteiger partial charge in [0.1, 0.15) is 54.9 Å². The first kappa shape index (κ1) is 54.0. The minimum Gasteiger partial charge on any atom is -0.569 e. The summed E-state index contributed by atoms with van der Waals surface area (Å²) in [7, 11) is 0. The summed E-state index contributed by atoms with van der Waals surface area (Å²) in [4.78, 5) is 48.2. The van der Waals surface area contributed by atoms with Crippen LogP contribution < -0.4 is 0 Å². The molecule has 0 spiro atoms. The maximum Gasteiger partial charge on any atom is 0.315 e. The van der Waals surface area contributed by atoms with Gasteiger partial charge < -0.3 is 74.7 Å². The van der Waals surface area contributed by atoms with Crippen LogP contribution in [0, 0.1) is 55.5 Å². The molecule has 0 radical (unpaired) electrons. The van der Waals surface area contributed by atoms with Crippen LogP contribution in [-0.4, -0.2) is 180 Å². The Morgan fingerprint density at radius 3 is 1.97 bits per heavy atom. The highest BCUT2D eigenvalue weighted by Gasteiger charge is 2.70. The summed E-state index contributed by atoms with van der Waals surface area (Å²) < 4.78 is 23.1. The van der Waals surface area contributed by atoms with E-state index in [1.165, 1.54) is 10.6 Å². The van der Waals surface area contributed by atoms with E-state index in [0.717, 1.165) is 44.9 Å². The van der Waals surface area contributed by atoms with Crippen LogP contribution in [-0.2, 0) is 38.2 Å². The van der Waals surface area contributed by atoms with Crippen molar-refractivity contribution in [3.05, 3.63) is 16.9 Å². The highest BCUT2D eigenvalue weighted by atomic mass is 16.8. The molecule has 7 fully saturated rings. The third-order valence-electron chi connectivity index (χ3n) is 19.8. The molecule has 0 aromatic heterocycles. The zero-order chi connectivity index (χ0) is 51.8. The number of rotatable bonds is 11. The fourth-order valence-corrected chi connectivity index (χ4v) is 15.2. The molecule has 5 aliphatic carbocycles. The van der Waals surface area contributed by atoms with Crippen molar-refractivity contribution >= 4 is 17.8 Å². The van der Waals surface area contributed by atoms with Gasteiger partial charge in [0, 0.05) is 24.9 Å². The van der Waals surface area contributed by atoms with Gasteiger partial charge in [-0.3, -0.25) is 14.4 Å². The fourth-order valence-electron chi connectivity index (χ4n) is 15.2. The second kappa shape index (κ2) is 19.8. The van der Waals surface area contributed by atoms with E-state index in [1.807, 2.05) is 0 Å². The molecule has 402 valence electrons. The number of piperazine rings is 1. The van der Waals surface area contributed by atoms with Crippen molar-refractivity contribution in [3.8, 4) is 0 Å². The van der Waals surface area contributed by atoms with Crippen molar-refractivity contribution in [1.29, 1.82) is 0 Å². The van der Waals surface area contributed by atoms with E-state index in [2.05, 4.69) is 59.8 Å². The number of hydrogen-bond donors (Lipinski definition) is 8. The van der Waals surface area contributed by atoms with Gasteiger partial charge >= 0.3 is 11.9 Å². The molecular weight excluding hydrogens is 929 g/mol. The largest absolute Gasteiger partial charge is 0.569 e. The van der Waals surface area contributed by atoms with Crippen LogP contribution in [0.4, 0.5) is 0 Å². The zero-order valence-corrected chi connectivity index (χ0v) is 42.4. The van der Waals surface area contributed by atoms with Gasteiger partial charge in [-0.1, -0.05) is 60.1 Å². The predicted octanol–water partition coefficient (Wildman–Crippen LogP) is 1.58. The average Bonchev–Trinajstić information content (AvgIpc) is 3.33. The highest BCUT2D eigenvalue weighted by Crippen LogP contribution is 2.76. The van der Waals surface area contributed by atoms with Crippen LogP contribution in [0.3, 0.4) is 0 Å². The summed E-state index contributed by atoms with van der Waals surface area (Å²) in [5.74, 6) is -0.712. The molecule has 0 aromatic carbocycles. The number of aliphatic hydroxyl groups is 8. The van der Waals surface area contributed by atoms with Crippen LogP contribution in [0.25, 0.3) is 0 Å². The third kappa shape index (κ3) is 9.27. The Kier molecular flexibility index (Phi) is 15.1. The molecule has 8 aliphatic rings. The summed E-state index contributed by atoms with van der Waals surface area (Å²) in [6.45, 7) is 15.5. The van der Waals surface area contributed by atoms with Crippen molar-refractivity contribution in [2.24, 2.45) is 55.5 Å². The van der Waals surface area contributed by atoms with Gasteiger partial charge in [0.05, 0.1) is 43.1 Å². The van der Waals surface area contributed by atoms with E-state index >= 15 is 0 Å². The normalized spacial score (nSPS) is 45.2. The Morgan fingerprint density at radius 2 is 1.34 bits per heavy atom. The lowest BCUT2D eigenvalue weighted by Gasteiger charge is -2.71. The topological polar surface area (TPSA) is 304 Å². The molecule has 8 N–H and O–H groups in total. The maximum atomic E-state index is 14.6. The van der Waals surface area contributed by atoms with Gasteiger partial charge in [-0.2, -0.15) is 0 Å². The molecule has 1 amide bonds. The molecule has 21 nitrogen and oxygen atoms in total. The Morgan fingerprint density at radius 1 is 0.732 bits per heavy atom. The molecule has 3 aliphatic heterocycles. The molecule has 0 aromatic rings. The summed E-state index contributed by atoms with van der Waals surface area (Å²) in [5, 5.41) is 98.3. The highest BCUT2D eigenvalue weighted by molar-refractivity contribution is 5.81. The minimum atomic E-state index is -1.73. The van der Waals surface area contributed by atoms with Crippen LogP contribution >= 0.6 is 0 Å². The zero-order valence-electron chi connectivity index (χ0n) is 42.4. The Balaban J connectivity index is 0.879. The van der Waals surface area contributed by atoms with Gasteiger partial charge in [0.25, 0.3) is 6.29 Å². The van der Waals surface area contributed by atoms with E-state index < -0.39 is 92.0 Å². The number of hydrogen-bond acceptors (Lipinski definition) is 18. The van der Waals surface area contributed by atoms with Gasteiger partial charge in [-0.15, -0.1) is 5.01 Å². The number of amides is 1. The molecule has 4 saturated carbocycles. The summed E-state index contributed by atoms with van der Waals surface area (Å²) in [6, 6.07) is 0. The van der Waals surface area contributed by atoms with Gasteiger partial charge in [-0.25, -0.2) is 0 Å². The smallest absolute Gasteiger partial charge is 0.315 e. The molecule has 0 unspecified atom stereocenters. The number of carbonyl (C=O) groups excluding carboxylic acids is 3. The number of hydrazine groups is 1. The summed E-state index contributed by atoms with van der Waals surface area (Å²) in [6.07, 6.45) is -5.72. The van der Waals surface area contributed by atoms with Crippen molar-refractivity contribution in [3.63, 3.8) is 0 Å². The fraction of sp³-hybridized carbons (Fsp3) is 0.900. The van der Waals surface area contributed by atoms with E-state index in [-0.39, 0.29) is 94.9 Å². The first-order valence-corrected chi connectivity index (χ1v) is 25.9. The van der Waals surface area contributed by atoms with Gasteiger partial charge in [0.15, 0.2) is 0 Å². The third-order valence-corrected chi connectivity index (χ3v) is 19.8. The predicted molar refractivity (Wildman–Crippen MR) is 247 cm³/mol. The summed E-state index contributed by atoms with van der Waals surface area (Å²) in [5.41, 5.74) is -0.373. The molecule has 3 heterocycles. The van der Waals surface area contributed by atoms with Crippen LogP contribution in [0.1, 0.15) is 126 Å². The molecule has 0 bridgehead atoms. The van der Waals surface area contributed by atoms with Crippen LogP contribution in [0.15, 0.2) is 16.9 Å². The Hall–Kier alpha value is -3.25. The molecule has 21 heteroatoms. The quantitative estimate of drug-likeness (QED) is 0.0479. The molecule has 8 rings (SSSR count). The van der Waals surface area contributed by atoms with Crippen molar-refractivity contribution in [2.75, 3.05) is 39.4 Å². The molecule has 3 saturated heterocycles. The number of allylic oxidation sites excluding steroid dienone is 2. The van der Waals surface area contributed by atoms with Crippen molar-refractivity contribution in [2.45, 2.75) is 193 Å². The van der Waals surface area contributed by atoms with Crippen molar-refractivity contribution < 1.29 is 84.0 Å². The first-order valence-electron chi connectivity index (χ1n) is 25.9. The number of nitrogens with zero attached hydrogens (tertiary/aromatic N) is 4. The second-order valence-electron chi connectivity index (χ2n) is 24.3. The lowest BCUT2D eigenvalue weighted by Crippen LogP contribution is -2.65. The lowest BCUT2D eigenvalue weighted by molar-refractivity contribution is -0.715. The Labute approximate surface area is 415 Å². The average molecular weight is 1010 g/mol. The molecule has 71 heavy (non-hydrogen) atoms. The van der Waals surface area contributed by atoms with Crippen LogP contribution in [0.2, 0.25) is 0 Å². The number of fused-ring (bicyclic) bond motifs is 7. The first-order chi connectivity index (χ1) is 33.3.